The van der Waals surface area contributed by atoms with Gasteiger partial charge in [-0.3, -0.25) is 29.5 Å². The highest BCUT2D eigenvalue weighted by atomic mass is 16.2. The third-order valence-electron chi connectivity index (χ3n) is 6.33. The van der Waals surface area contributed by atoms with Gasteiger partial charge in [-0.15, -0.1) is 0 Å². The molecule has 7 heteroatoms. The molecule has 3 amide bonds. The molecule has 0 atom stereocenters. The van der Waals surface area contributed by atoms with Crippen molar-refractivity contribution in [3.63, 3.8) is 0 Å². The van der Waals surface area contributed by atoms with E-state index in [0.29, 0.717) is 16.8 Å². The quantitative estimate of drug-likeness (QED) is 0.560. The van der Waals surface area contributed by atoms with Crippen molar-refractivity contribution < 1.29 is 14.4 Å². The number of hydrogen-bond donors (Lipinski definition) is 2. The second-order valence-corrected chi connectivity index (χ2v) is 8.73. The molecule has 0 aromatic heterocycles. The third-order valence-corrected chi connectivity index (χ3v) is 6.33. The summed E-state index contributed by atoms with van der Waals surface area (Å²) in [5, 5.41) is 5.09. The highest BCUT2D eigenvalue weighted by Gasteiger charge is 2.27. The lowest BCUT2D eigenvalue weighted by molar-refractivity contribution is 0.0879. The van der Waals surface area contributed by atoms with Gasteiger partial charge in [0.15, 0.2) is 0 Å². The van der Waals surface area contributed by atoms with Crippen molar-refractivity contribution in [3.8, 4) is 0 Å². The first-order valence-electron chi connectivity index (χ1n) is 11.4. The largest absolute Gasteiger partial charge is 0.322 e. The van der Waals surface area contributed by atoms with E-state index < -0.39 is 11.8 Å². The lowest BCUT2D eigenvalue weighted by Crippen LogP contribution is -2.45. The van der Waals surface area contributed by atoms with E-state index in [4.69, 9.17) is 0 Å². The molecule has 0 spiro atoms. The fourth-order valence-corrected chi connectivity index (χ4v) is 4.41. The summed E-state index contributed by atoms with van der Waals surface area (Å²) in [5.74, 6) is -1.22. The molecule has 2 N–H and O–H groups in total. The molecule has 34 heavy (non-hydrogen) atoms. The van der Waals surface area contributed by atoms with Gasteiger partial charge in [-0.25, -0.2) is 0 Å². The van der Waals surface area contributed by atoms with E-state index in [0.717, 1.165) is 39.3 Å². The number of hydrogen-bond acceptors (Lipinski definition) is 5. The minimum Gasteiger partial charge on any atom is -0.322 e. The van der Waals surface area contributed by atoms with Crippen LogP contribution in [0.15, 0.2) is 72.8 Å². The molecule has 0 bridgehead atoms. The van der Waals surface area contributed by atoms with Crippen LogP contribution in [0.5, 0.6) is 0 Å². The van der Waals surface area contributed by atoms with Gasteiger partial charge in [0.25, 0.3) is 17.7 Å². The van der Waals surface area contributed by atoms with Gasteiger partial charge < -0.3 is 5.32 Å². The summed E-state index contributed by atoms with van der Waals surface area (Å²) in [5.41, 5.74) is 4.10. The molecule has 7 nitrogen and oxygen atoms in total. The number of amides is 3. The van der Waals surface area contributed by atoms with E-state index in [2.05, 4.69) is 44.7 Å². The molecular formula is C27H26N4O3. The van der Waals surface area contributed by atoms with Crippen LogP contribution in [0.25, 0.3) is 0 Å². The molecule has 3 aromatic rings. The maximum absolute atomic E-state index is 12.6. The number of anilines is 1. The van der Waals surface area contributed by atoms with Crippen molar-refractivity contribution in [1.29, 1.82) is 0 Å². The number of carbonyl (C=O) groups is 3. The SMILES string of the molecule is O=C(Nc1ccc(CN2CCN(Cc3ccccc3)CC2)cc1)c1ccc2c(c1)C(=O)NC2=O. The molecule has 0 aliphatic carbocycles. The lowest BCUT2D eigenvalue weighted by atomic mass is 10.1. The maximum atomic E-state index is 12.6. The first kappa shape index (κ1) is 22.0. The average molecular weight is 455 g/mol. The number of benzene rings is 3. The Morgan fingerprint density at radius 3 is 1.97 bits per heavy atom. The molecule has 2 heterocycles. The summed E-state index contributed by atoms with van der Waals surface area (Å²) in [6.07, 6.45) is 0. The summed E-state index contributed by atoms with van der Waals surface area (Å²) < 4.78 is 0. The van der Waals surface area contributed by atoms with Crippen molar-refractivity contribution in [2.75, 3.05) is 31.5 Å². The van der Waals surface area contributed by atoms with E-state index in [1.54, 1.807) is 6.07 Å². The Labute approximate surface area is 198 Å². The summed E-state index contributed by atoms with van der Waals surface area (Å²) in [7, 11) is 0. The van der Waals surface area contributed by atoms with Crippen LogP contribution in [0.3, 0.4) is 0 Å². The lowest BCUT2D eigenvalue weighted by Gasteiger charge is -2.34. The van der Waals surface area contributed by atoms with Gasteiger partial charge in [0, 0.05) is 50.5 Å². The van der Waals surface area contributed by atoms with Gasteiger partial charge in [0.05, 0.1) is 11.1 Å². The van der Waals surface area contributed by atoms with Crippen LogP contribution in [0.1, 0.15) is 42.2 Å². The van der Waals surface area contributed by atoms with E-state index in [9.17, 15) is 14.4 Å². The number of carbonyl (C=O) groups excluding carboxylic acids is 3. The van der Waals surface area contributed by atoms with Crippen LogP contribution >= 0.6 is 0 Å². The molecule has 172 valence electrons. The zero-order valence-electron chi connectivity index (χ0n) is 18.8. The predicted octanol–water partition coefficient (Wildman–Crippen LogP) is 3.14. The zero-order valence-corrected chi connectivity index (χ0v) is 18.8. The number of fused-ring (bicyclic) bond motifs is 1. The molecular weight excluding hydrogens is 428 g/mol. The number of rotatable bonds is 6. The highest BCUT2D eigenvalue weighted by Crippen LogP contribution is 2.19. The monoisotopic (exact) mass is 454 g/mol. The molecule has 0 radical (unpaired) electrons. The maximum Gasteiger partial charge on any atom is 0.258 e. The van der Waals surface area contributed by atoms with E-state index in [1.165, 1.54) is 23.3 Å². The standard InChI is InChI=1S/C27H26N4O3/c32-25(21-8-11-23-24(16-21)27(34)29-26(23)33)28-22-9-6-20(7-10-22)18-31-14-12-30(13-15-31)17-19-4-2-1-3-5-19/h1-11,16H,12-15,17-18H2,(H,28,32)(H,29,33,34). The molecule has 2 aliphatic rings. The molecule has 0 unspecified atom stereocenters. The van der Waals surface area contributed by atoms with E-state index >= 15 is 0 Å². The molecule has 1 fully saturated rings. The Hall–Kier alpha value is -3.81. The highest BCUT2D eigenvalue weighted by molar-refractivity contribution is 6.22. The van der Waals surface area contributed by atoms with Gasteiger partial charge in [0.2, 0.25) is 0 Å². The van der Waals surface area contributed by atoms with Gasteiger partial charge in [-0.1, -0.05) is 42.5 Å². The van der Waals surface area contributed by atoms with Crippen LogP contribution < -0.4 is 10.6 Å². The average Bonchev–Trinajstić information content (AvgIpc) is 3.15. The Bertz CT molecular complexity index is 1220. The molecule has 3 aromatic carbocycles. The Morgan fingerprint density at radius 1 is 0.735 bits per heavy atom. The molecule has 5 rings (SSSR count). The van der Waals surface area contributed by atoms with Crippen molar-refractivity contribution >= 4 is 23.4 Å². The fourth-order valence-electron chi connectivity index (χ4n) is 4.41. The first-order chi connectivity index (χ1) is 16.5. The second kappa shape index (κ2) is 9.59. The minimum atomic E-state index is -0.472. The van der Waals surface area contributed by atoms with Crippen LogP contribution in [0, 0.1) is 0 Å². The normalized spacial score (nSPS) is 16.2. The Morgan fingerprint density at radius 2 is 1.32 bits per heavy atom. The van der Waals surface area contributed by atoms with Crippen LogP contribution in [-0.2, 0) is 13.1 Å². The molecule has 0 saturated carbocycles. The van der Waals surface area contributed by atoms with Gasteiger partial charge >= 0.3 is 0 Å². The Balaban J connectivity index is 1.13. The number of imide groups is 1. The first-order valence-corrected chi connectivity index (χ1v) is 11.4. The number of nitrogens with one attached hydrogen (secondary N) is 2. The van der Waals surface area contributed by atoms with Crippen molar-refractivity contribution in [2.24, 2.45) is 0 Å². The number of nitrogens with zero attached hydrogens (tertiary/aromatic N) is 2. The fraction of sp³-hybridized carbons (Fsp3) is 0.222. The van der Waals surface area contributed by atoms with Crippen molar-refractivity contribution in [2.45, 2.75) is 13.1 Å². The number of piperazine rings is 1. The molecule has 1 saturated heterocycles. The molecule has 2 aliphatic heterocycles. The second-order valence-electron chi connectivity index (χ2n) is 8.73. The summed E-state index contributed by atoms with van der Waals surface area (Å²) >= 11 is 0. The summed E-state index contributed by atoms with van der Waals surface area (Å²) in [4.78, 5) is 41.1. The smallest absolute Gasteiger partial charge is 0.258 e. The van der Waals surface area contributed by atoms with Gasteiger partial charge in [-0.05, 0) is 41.5 Å². The summed E-state index contributed by atoms with van der Waals surface area (Å²) in [6.45, 7) is 6.02. The summed E-state index contributed by atoms with van der Waals surface area (Å²) in [6, 6.07) is 22.9. The van der Waals surface area contributed by atoms with Crippen molar-refractivity contribution in [1.82, 2.24) is 15.1 Å². The predicted molar refractivity (Wildman–Crippen MR) is 130 cm³/mol. The van der Waals surface area contributed by atoms with E-state index in [1.807, 2.05) is 30.3 Å². The van der Waals surface area contributed by atoms with Crippen LogP contribution in [0.2, 0.25) is 0 Å². The van der Waals surface area contributed by atoms with E-state index in [-0.39, 0.29) is 11.5 Å². The van der Waals surface area contributed by atoms with Crippen molar-refractivity contribution in [3.05, 3.63) is 101 Å². The topological polar surface area (TPSA) is 81.8 Å². The van der Waals surface area contributed by atoms with Crippen LogP contribution in [-0.4, -0.2) is 53.7 Å². The van der Waals surface area contributed by atoms with Gasteiger partial charge in [-0.2, -0.15) is 0 Å². The van der Waals surface area contributed by atoms with Gasteiger partial charge in [0.1, 0.15) is 0 Å². The zero-order chi connectivity index (χ0) is 23.5. The third kappa shape index (κ3) is 4.90. The van der Waals surface area contributed by atoms with Crippen LogP contribution in [0.4, 0.5) is 5.69 Å². The minimum absolute atomic E-state index is 0.233. The Kier molecular flexibility index (Phi) is 6.20.